The van der Waals surface area contributed by atoms with E-state index < -0.39 is 33.9 Å². The first-order valence-electron chi connectivity index (χ1n) is 8.50. The summed E-state index contributed by atoms with van der Waals surface area (Å²) >= 11 is 5.95. The molecule has 0 aliphatic carbocycles. The molecule has 1 aromatic rings. The molecule has 1 heterocycles. The second kappa shape index (κ2) is 8.36. The predicted molar refractivity (Wildman–Crippen MR) is 98.8 cm³/mol. The summed E-state index contributed by atoms with van der Waals surface area (Å²) in [4.78, 5) is 13.3. The zero-order chi connectivity index (χ0) is 22.2. The fraction of sp³-hybridized carbons (Fsp3) is 0.562. The van der Waals surface area contributed by atoms with Gasteiger partial charge in [0.25, 0.3) is 5.91 Å². The number of rotatable bonds is 5. The van der Waals surface area contributed by atoms with E-state index in [1.165, 1.54) is 4.31 Å². The molecule has 2 atom stereocenters. The SMILES string of the molecule is C[C@@H](O)N1CCN(S(=O)(=O)c2ccc(NC(=O)C(C)(O)C(F)(F)F)c(Cl)c2)CC1. The molecular formula is C16H21ClF3N3O5S. The average Bonchev–Trinajstić information content (AvgIpc) is 2.62. The van der Waals surface area contributed by atoms with Gasteiger partial charge in [0.2, 0.25) is 15.6 Å². The van der Waals surface area contributed by atoms with Gasteiger partial charge in [-0.25, -0.2) is 8.42 Å². The lowest BCUT2D eigenvalue weighted by Gasteiger charge is -2.35. The van der Waals surface area contributed by atoms with Crippen molar-refractivity contribution < 1.29 is 36.6 Å². The molecule has 0 saturated carbocycles. The van der Waals surface area contributed by atoms with Gasteiger partial charge in [0, 0.05) is 26.2 Å². The van der Waals surface area contributed by atoms with Crippen molar-refractivity contribution >= 4 is 33.2 Å². The molecule has 1 fully saturated rings. The van der Waals surface area contributed by atoms with E-state index in [1.807, 2.05) is 5.32 Å². The molecule has 1 saturated heterocycles. The van der Waals surface area contributed by atoms with Crippen LogP contribution in [0.2, 0.25) is 5.02 Å². The monoisotopic (exact) mass is 459 g/mol. The van der Waals surface area contributed by atoms with Crippen LogP contribution >= 0.6 is 11.6 Å². The van der Waals surface area contributed by atoms with E-state index in [4.69, 9.17) is 11.6 Å². The number of benzene rings is 1. The summed E-state index contributed by atoms with van der Waals surface area (Å²) in [6.45, 7) is 2.79. The van der Waals surface area contributed by atoms with Gasteiger partial charge in [0.15, 0.2) is 0 Å². The summed E-state index contributed by atoms with van der Waals surface area (Å²) in [6.07, 6.45) is -5.91. The molecule has 164 valence electrons. The van der Waals surface area contributed by atoms with Gasteiger partial charge in [-0.1, -0.05) is 11.6 Å². The number of aliphatic hydroxyl groups excluding tert-OH is 1. The lowest BCUT2D eigenvalue weighted by atomic mass is 10.1. The van der Waals surface area contributed by atoms with Crippen LogP contribution in [0.3, 0.4) is 0 Å². The van der Waals surface area contributed by atoms with Crippen molar-refractivity contribution in [2.45, 2.75) is 36.7 Å². The first-order valence-corrected chi connectivity index (χ1v) is 10.3. The van der Waals surface area contributed by atoms with Crippen LogP contribution < -0.4 is 5.32 Å². The molecule has 1 aromatic carbocycles. The van der Waals surface area contributed by atoms with E-state index in [0.717, 1.165) is 18.2 Å². The van der Waals surface area contributed by atoms with Crippen LogP contribution in [0, 0.1) is 0 Å². The van der Waals surface area contributed by atoms with Crippen molar-refractivity contribution in [3.05, 3.63) is 23.2 Å². The predicted octanol–water partition coefficient (Wildman–Crippen LogP) is 1.24. The smallest absolute Gasteiger partial charge is 0.379 e. The van der Waals surface area contributed by atoms with Gasteiger partial charge < -0.3 is 15.5 Å². The van der Waals surface area contributed by atoms with Gasteiger partial charge in [0.05, 0.1) is 15.6 Å². The number of sulfonamides is 1. The normalized spacial score (nSPS) is 20.1. The Bertz CT molecular complexity index is 869. The summed E-state index contributed by atoms with van der Waals surface area (Å²) < 4.78 is 64.9. The number of alkyl halides is 3. The van der Waals surface area contributed by atoms with Crippen LogP contribution in [0.5, 0.6) is 0 Å². The molecule has 1 amide bonds. The van der Waals surface area contributed by atoms with Crippen molar-refractivity contribution in [2.24, 2.45) is 0 Å². The van der Waals surface area contributed by atoms with Gasteiger partial charge in [-0.05, 0) is 32.0 Å². The Balaban J connectivity index is 2.18. The summed E-state index contributed by atoms with van der Waals surface area (Å²) in [7, 11) is -3.93. The standard InChI is InChI=1S/C16H21ClF3N3O5S/c1-10(24)22-5-7-23(8-6-22)29(27,28)11-3-4-13(12(17)9-11)21-14(25)15(2,26)16(18,19)20/h3-4,9-10,24,26H,5-8H2,1-2H3,(H,21,25)/t10-,15?/m1/s1. The minimum atomic E-state index is -5.21. The maximum absolute atomic E-state index is 12.8. The lowest BCUT2D eigenvalue weighted by molar-refractivity contribution is -0.242. The highest BCUT2D eigenvalue weighted by atomic mass is 35.5. The third kappa shape index (κ3) is 5.01. The van der Waals surface area contributed by atoms with Crippen molar-refractivity contribution in [1.29, 1.82) is 0 Å². The molecule has 13 heteroatoms. The number of amides is 1. The third-order valence-corrected chi connectivity index (χ3v) is 6.83. The minimum absolute atomic E-state index is 0.137. The second-order valence-corrected chi connectivity index (χ2v) is 9.08. The third-order valence-electron chi connectivity index (χ3n) is 4.62. The van der Waals surface area contributed by atoms with E-state index in [2.05, 4.69) is 0 Å². The van der Waals surface area contributed by atoms with Gasteiger partial charge in [0.1, 0.15) is 6.23 Å². The molecule has 1 aliphatic heterocycles. The summed E-state index contributed by atoms with van der Waals surface area (Å²) in [5, 5.41) is 20.5. The Hall–Kier alpha value is -1.44. The van der Waals surface area contributed by atoms with E-state index in [-0.39, 0.29) is 28.7 Å². The zero-order valence-corrected chi connectivity index (χ0v) is 17.1. The Morgan fingerprint density at radius 3 is 2.24 bits per heavy atom. The first kappa shape index (κ1) is 23.8. The van der Waals surface area contributed by atoms with E-state index in [1.54, 1.807) is 11.8 Å². The maximum Gasteiger partial charge on any atom is 0.426 e. The molecule has 0 spiro atoms. The average molecular weight is 460 g/mol. The fourth-order valence-corrected chi connectivity index (χ4v) is 4.34. The lowest BCUT2D eigenvalue weighted by Crippen LogP contribution is -2.52. The molecule has 0 radical (unpaired) electrons. The number of nitrogens with zero attached hydrogens (tertiary/aromatic N) is 2. The van der Waals surface area contributed by atoms with Crippen LogP contribution in [0.4, 0.5) is 18.9 Å². The molecular weight excluding hydrogens is 439 g/mol. The van der Waals surface area contributed by atoms with Crippen molar-refractivity contribution in [1.82, 2.24) is 9.21 Å². The van der Waals surface area contributed by atoms with E-state index in [0.29, 0.717) is 20.0 Å². The molecule has 29 heavy (non-hydrogen) atoms. The number of piperazine rings is 1. The van der Waals surface area contributed by atoms with Crippen LogP contribution in [0.25, 0.3) is 0 Å². The summed E-state index contributed by atoms with van der Waals surface area (Å²) in [5.74, 6) is -1.75. The van der Waals surface area contributed by atoms with E-state index in [9.17, 15) is 36.6 Å². The quantitative estimate of drug-likeness (QED) is 0.611. The van der Waals surface area contributed by atoms with Gasteiger partial charge in [-0.3, -0.25) is 9.69 Å². The van der Waals surface area contributed by atoms with Crippen molar-refractivity contribution in [3.63, 3.8) is 0 Å². The highest BCUT2D eigenvalue weighted by Gasteiger charge is 2.55. The van der Waals surface area contributed by atoms with Crippen molar-refractivity contribution in [2.75, 3.05) is 31.5 Å². The number of anilines is 1. The number of hydrogen-bond donors (Lipinski definition) is 3. The maximum atomic E-state index is 12.8. The topological polar surface area (TPSA) is 110 Å². The number of carbonyl (C=O) groups is 1. The van der Waals surface area contributed by atoms with Crippen LogP contribution in [-0.4, -0.2) is 77.9 Å². The highest BCUT2D eigenvalue weighted by molar-refractivity contribution is 7.89. The fourth-order valence-electron chi connectivity index (χ4n) is 2.60. The molecule has 1 unspecified atom stereocenters. The van der Waals surface area contributed by atoms with Crippen LogP contribution in [0.1, 0.15) is 13.8 Å². The molecule has 1 aliphatic rings. The highest BCUT2D eigenvalue weighted by Crippen LogP contribution is 2.33. The Kier molecular flexibility index (Phi) is 6.87. The molecule has 3 N–H and O–H groups in total. The number of hydrogen-bond acceptors (Lipinski definition) is 6. The van der Waals surface area contributed by atoms with Crippen LogP contribution in [0.15, 0.2) is 23.1 Å². The Morgan fingerprint density at radius 1 is 1.24 bits per heavy atom. The van der Waals surface area contributed by atoms with Gasteiger partial charge >= 0.3 is 6.18 Å². The molecule has 2 rings (SSSR count). The van der Waals surface area contributed by atoms with Gasteiger partial charge in [-0.2, -0.15) is 17.5 Å². The Labute approximate surface area is 170 Å². The number of halogens is 4. The largest absolute Gasteiger partial charge is 0.426 e. The molecule has 0 bridgehead atoms. The zero-order valence-electron chi connectivity index (χ0n) is 15.6. The van der Waals surface area contributed by atoms with Crippen LogP contribution in [-0.2, 0) is 14.8 Å². The van der Waals surface area contributed by atoms with E-state index >= 15 is 0 Å². The summed E-state index contributed by atoms with van der Waals surface area (Å²) in [6, 6.07) is 3.15. The Morgan fingerprint density at radius 2 is 1.79 bits per heavy atom. The first-order chi connectivity index (χ1) is 13.2. The summed E-state index contributed by atoms with van der Waals surface area (Å²) in [5.41, 5.74) is -3.93. The minimum Gasteiger partial charge on any atom is -0.379 e. The second-order valence-electron chi connectivity index (χ2n) is 6.74. The molecule has 8 nitrogen and oxygen atoms in total. The number of carbonyl (C=O) groups excluding carboxylic acids is 1. The molecule has 0 aromatic heterocycles. The van der Waals surface area contributed by atoms with Crippen molar-refractivity contribution in [3.8, 4) is 0 Å². The van der Waals surface area contributed by atoms with Gasteiger partial charge in [-0.15, -0.1) is 0 Å². The number of nitrogens with one attached hydrogen (secondary N) is 1. The number of aliphatic hydroxyl groups is 2.